The quantitative estimate of drug-likeness (QED) is 0.202. The Balaban J connectivity index is 1.33. The van der Waals surface area contributed by atoms with Gasteiger partial charge in [-0.25, -0.2) is 0 Å². The molecule has 3 aliphatic rings. The van der Waals surface area contributed by atoms with Gasteiger partial charge in [-0.2, -0.15) is 0 Å². The first kappa shape index (κ1) is 26.5. The summed E-state index contributed by atoms with van der Waals surface area (Å²) in [4.78, 5) is 13.4. The summed E-state index contributed by atoms with van der Waals surface area (Å²) >= 11 is 0. The number of aliphatic hydroxyl groups is 2. The van der Waals surface area contributed by atoms with Gasteiger partial charge in [0.15, 0.2) is 0 Å². The maximum atomic E-state index is 13.4. The van der Waals surface area contributed by atoms with Crippen molar-refractivity contribution in [2.45, 2.75) is 75.9 Å². The Morgan fingerprint density at radius 2 is 1.39 bits per heavy atom. The van der Waals surface area contributed by atoms with Gasteiger partial charge in [-0.1, -0.05) is 100 Å². The van der Waals surface area contributed by atoms with Crippen LogP contribution in [0.2, 0.25) is 0 Å². The maximum absolute atomic E-state index is 13.4. The van der Waals surface area contributed by atoms with Crippen molar-refractivity contribution in [1.82, 2.24) is 0 Å². The van der Waals surface area contributed by atoms with E-state index in [1.54, 1.807) is 24.3 Å². The minimum Gasteiger partial charge on any atom is -0.465 e. The molecule has 0 aromatic heterocycles. The number of ether oxygens (including phenoxy) is 2. The average molecular weight is 515 g/mol. The summed E-state index contributed by atoms with van der Waals surface area (Å²) < 4.78 is 11.7. The van der Waals surface area contributed by atoms with Crippen molar-refractivity contribution in [3.05, 3.63) is 95.1 Å². The maximum Gasteiger partial charge on any atom is 0.312 e. The van der Waals surface area contributed by atoms with Crippen LogP contribution in [-0.4, -0.2) is 22.8 Å². The number of carbonyl (C=O) groups excluding carboxylic acids is 1. The van der Waals surface area contributed by atoms with Crippen LogP contribution in [0, 0.1) is 5.92 Å². The van der Waals surface area contributed by atoms with Gasteiger partial charge in [0.1, 0.15) is 22.7 Å². The molecule has 3 aromatic rings. The molecule has 3 aromatic carbocycles. The largest absolute Gasteiger partial charge is 0.465 e. The third kappa shape index (κ3) is 4.85. The fraction of sp³-hybridized carbons (Fsp3) is 0.424. The van der Waals surface area contributed by atoms with Crippen molar-refractivity contribution < 1.29 is 24.5 Å². The molecule has 2 N–H and O–H groups in total. The predicted molar refractivity (Wildman–Crippen MR) is 147 cm³/mol. The molecule has 0 saturated carbocycles. The van der Waals surface area contributed by atoms with Crippen molar-refractivity contribution in [1.29, 1.82) is 0 Å². The fourth-order valence-corrected chi connectivity index (χ4v) is 6.15. The average Bonchev–Trinajstić information content (AvgIpc) is 2.94. The molecule has 0 spiro atoms. The lowest BCUT2D eigenvalue weighted by molar-refractivity contribution is -0.167. The van der Waals surface area contributed by atoms with Crippen LogP contribution >= 0.6 is 0 Å². The zero-order valence-electron chi connectivity index (χ0n) is 22.2. The van der Waals surface area contributed by atoms with Gasteiger partial charge in [0.05, 0.1) is 12.5 Å². The first-order chi connectivity index (χ1) is 18.5. The van der Waals surface area contributed by atoms with E-state index in [-0.39, 0.29) is 6.42 Å². The van der Waals surface area contributed by atoms with Crippen molar-refractivity contribution >= 4 is 5.97 Å². The molecule has 3 unspecified atom stereocenters. The van der Waals surface area contributed by atoms with E-state index < -0.39 is 23.1 Å². The van der Waals surface area contributed by atoms with Crippen LogP contribution in [0.15, 0.2) is 72.8 Å². The Morgan fingerprint density at radius 1 is 0.763 bits per heavy atom. The first-order valence-corrected chi connectivity index (χ1v) is 14.1. The Kier molecular flexibility index (Phi) is 7.87. The van der Waals surface area contributed by atoms with E-state index >= 15 is 0 Å². The number of unbranched alkanes of at least 4 members (excludes halogenated alkanes) is 7. The number of hydrogen-bond acceptors (Lipinski definition) is 5. The van der Waals surface area contributed by atoms with Crippen LogP contribution in [0.5, 0.6) is 11.5 Å². The second-order valence-corrected chi connectivity index (χ2v) is 10.7. The Morgan fingerprint density at radius 3 is 2.13 bits per heavy atom. The number of fused-ring (bicyclic) bond motifs is 1. The molecule has 0 amide bonds. The van der Waals surface area contributed by atoms with Gasteiger partial charge < -0.3 is 19.7 Å². The number of hydrogen-bond donors (Lipinski definition) is 2. The number of rotatable bonds is 12. The van der Waals surface area contributed by atoms with Crippen LogP contribution in [-0.2, 0) is 20.7 Å². The number of esters is 1. The van der Waals surface area contributed by atoms with Gasteiger partial charge in [-0.3, -0.25) is 4.79 Å². The third-order valence-electron chi connectivity index (χ3n) is 8.14. The normalized spacial score (nSPS) is 23.0. The summed E-state index contributed by atoms with van der Waals surface area (Å²) in [5, 5.41) is 24.3. The SMILES string of the molecule is CCCCCCCCCCOC(=O)C1CC2(O)c3ccccc3C1(O)c1ccc(Oc3ccccc3)cc12. The van der Waals surface area contributed by atoms with Gasteiger partial charge >= 0.3 is 5.97 Å². The molecule has 6 rings (SSSR count). The summed E-state index contributed by atoms with van der Waals surface area (Å²) in [6.45, 7) is 2.55. The van der Waals surface area contributed by atoms with Crippen LogP contribution in [0.25, 0.3) is 0 Å². The molecule has 3 atom stereocenters. The second-order valence-electron chi connectivity index (χ2n) is 10.7. The van der Waals surface area contributed by atoms with E-state index in [9.17, 15) is 15.0 Å². The highest BCUT2D eigenvalue weighted by atomic mass is 16.5. The van der Waals surface area contributed by atoms with Gasteiger partial charge in [-0.05, 0) is 52.9 Å². The van der Waals surface area contributed by atoms with Gasteiger partial charge in [0, 0.05) is 6.42 Å². The highest BCUT2D eigenvalue weighted by Crippen LogP contribution is 2.60. The summed E-state index contributed by atoms with van der Waals surface area (Å²) in [5.74, 6) is -0.115. The molecular weight excluding hydrogens is 476 g/mol. The summed E-state index contributed by atoms with van der Waals surface area (Å²) in [5.41, 5.74) is -0.739. The molecule has 0 saturated heterocycles. The molecule has 0 aliphatic heterocycles. The van der Waals surface area contributed by atoms with Gasteiger partial charge in [-0.15, -0.1) is 0 Å². The van der Waals surface area contributed by atoms with Crippen molar-refractivity contribution in [3.63, 3.8) is 0 Å². The molecule has 5 heteroatoms. The van der Waals surface area contributed by atoms with Crippen LogP contribution in [0.1, 0.15) is 87.0 Å². The van der Waals surface area contributed by atoms with Crippen LogP contribution < -0.4 is 4.74 Å². The van der Waals surface area contributed by atoms with E-state index in [4.69, 9.17) is 9.47 Å². The highest BCUT2D eigenvalue weighted by Gasteiger charge is 2.62. The molecule has 5 nitrogen and oxygen atoms in total. The smallest absolute Gasteiger partial charge is 0.312 e. The van der Waals surface area contributed by atoms with E-state index in [1.165, 1.54) is 32.1 Å². The van der Waals surface area contributed by atoms with Crippen LogP contribution in [0.3, 0.4) is 0 Å². The lowest BCUT2D eigenvalue weighted by Gasteiger charge is -2.53. The first-order valence-electron chi connectivity index (χ1n) is 14.1. The monoisotopic (exact) mass is 514 g/mol. The van der Waals surface area contributed by atoms with E-state index in [1.807, 2.05) is 48.5 Å². The topological polar surface area (TPSA) is 76.0 Å². The molecule has 3 aliphatic carbocycles. The van der Waals surface area contributed by atoms with Gasteiger partial charge in [0.2, 0.25) is 0 Å². The zero-order chi connectivity index (χ0) is 26.6. The Hall–Kier alpha value is -3.15. The molecule has 0 radical (unpaired) electrons. The van der Waals surface area contributed by atoms with E-state index in [0.29, 0.717) is 40.4 Å². The highest BCUT2D eigenvalue weighted by molar-refractivity contribution is 5.79. The fourth-order valence-electron chi connectivity index (χ4n) is 6.15. The molecule has 38 heavy (non-hydrogen) atoms. The predicted octanol–water partition coefficient (Wildman–Crippen LogP) is 6.97. The summed E-state index contributed by atoms with van der Waals surface area (Å²) in [7, 11) is 0. The standard InChI is InChI=1S/C33H38O5/c1-2-3-4-5-6-7-8-14-21-37-31(34)30-23-32(35)26-17-12-13-18-27(26)33(30,36)28-20-19-25(22-29(28)32)38-24-15-10-9-11-16-24/h9-13,15-20,22,30,35-36H,2-8,14,21,23H2,1H3. The van der Waals surface area contributed by atoms with Crippen molar-refractivity contribution in [2.24, 2.45) is 5.92 Å². The molecule has 200 valence electrons. The second kappa shape index (κ2) is 11.3. The Bertz CT molecular complexity index is 1260. The summed E-state index contributed by atoms with van der Waals surface area (Å²) in [6, 6.07) is 22.1. The number of para-hydroxylation sites is 1. The summed E-state index contributed by atoms with van der Waals surface area (Å²) in [6.07, 6.45) is 9.33. The number of carbonyl (C=O) groups is 1. The van der Waals surface area contributed by atoms with Gasteiger partial charge in [0.25, 0.3) is 0 Å². The lowest BCUT2D eigenvalue weighted by Crippen LogP contribution is -2.57. The molecule has 2 bridgehead atoms. The van der Waals surface area contributed by atoms with Crippen molar-refractivity contribution in [3.8, 4) is 11.5 Å². The minimum absolute atomic E-state index is 0.0541. The molecule has 0 heterocycles. The minimum atomic E-state index is -1.59. The molecular formula is C33H38O5. The zero-order valence-corrected chi connectivity index (χ0v) is 22.2. The van der Waals surface area contributed by atoms with E-state index in [2.05, 4.69) is 6.92 Å². The van der Waals surface area contributed by atoms with Crippen LogP contribution in [0.4, 0.5) is 0 Å². The van der Waals surface area contributed by atoms with Crippen molar-refractivity contribution in [2.75, 3.05) is 6.61 Å². The van der Waals surface area contributed by atoms with E-state index in [0.717, 1.165) is 19.3 Å². The third-order valence-corrected chi connectivity index (χ3v) is 8.14. The lowest BCUT2D eigenvalue weighted by atomic mass is 9.54. The molecule has 0 fully saturated rings. The Labute approximate surface area is 225 Å². The number of benzene rings is 3.